The van der Waals surface area contributed by atoms with Gasteiger partial charge in [-0.25, -0.2) is 12.8 Å². The Kier molecular flexibility index (Phi) is 6.99. The van der Waals surface area contributed by atoms with Gasteiger partial charge in [-0.1, -0.05) is 30.3 Å². The number of carbonyl (C=O) groups is 2. The molecule has 0 fully saturated rings. The van der Waals surface area contributed by atoms with Gasteiger partial charge in [0.15, 0.2) is 0 Å². The Morgan fingerprint density at radius 2 is 1.45 bits per heavy atom. The number of sulfonamides is 1. The molecule has 0 aliphatic carbocycles. The fourth-order valence-electron chi connectivity index (χ4n) is 2.64. The monoisotopic (exact) mass is 441 g/mol. The molecule has 0 bridgehead atoms. The van der Waals surface area contributed by atoms with E-state index in [9.17, 15) is 22.4 Å². The van der Waals surface area contributed by atoms with Crippen LogP contribution in [0.25, 0.3) is 0 Å². The number of amides is 2. The lowest BCUT2D eigenvalue weighted by Gasteiger charge is -2.09. The van der Waals surface area contributed by atoms with Crippen molar-refractivity contribution in [2.75, 3.05) is 11.3 Å². The molecule has 0 saturated heterocycles. The quantitative estimate of drug-likeness (QED) is 0.500. The number of carbonyl (C=O) groups excluding carboxylic acids is 2. The van der Waals surface area contributed by atoms with Crippen LogP contribution < -0.4 is 15.4 Å². The topological polar surface area (TPSA) is 104 Å². The van der Waals surface area contributed by atoms with E-state index in [1.807, 2.05) is 30.3 Å². The average Bonchev–Trinajstić information content (AvgIpc) is 2.78. The first-order valence-corrected chi connectivity index (χ1v) is 10.8. The van der Waals surface area contributed by atoms with Gasteiger partial charge in [-0.3, -0.25) is 14.3 Å². The second-order valence-corrected chi connectivity index (χ2v) is 8.26. The van der Waals surface area contributed by atoms with Crippen LogP contribution in [0.5, 0.6) is 0 Å². The van der Waals surface area contributed by atoms with E-state index in [1.165, 1.54) is 36.4 Å². The summed E-state index contributed by atoms with van der Waals surface area (Å²) >= 11 is 0. The van der Waals surface area contributed by atoms with Gasteiger partial charge >= 0.3 is 0 Å². The van der Waals surface area contributed by atoms with E-state index in [4.69, 9.17) is 0 Å². The number of anilines is 1. The average molecular weight is 441 g/mol. The highest BCUT2D eigenvalue weighted by molar-refractivity contribution is 7.92. The number of benzene rings is 3. The summed E-state index contributed by atoms with van der Waals surface area (Å²) in [6.07, 6.45) is 0. The molecule has 3 rings (SSSR count). The van der Waals surface area contributed by atoms with Crippen molar-refractivity contribution >= 4 is 27.5 Å². The van der Waals surface area contributed by atoms with Crippen LogP contribution in [0.3, 0.4) is 0 Å². The van der Waals surface area contributed by atoms with Gasteiger partial charge in [-0.15, -0.1) is 0 Å². The summed E-state index contributed by atoms with van der Waals surface area (Å²) in [6.45, 7) is 0.140. The standard InChI is InChI=1S/C22H20FN3O4S/c23-18-8-10-19(11-9-18)26-31(29,30)20-12-6-17(7-13-20)22(28)25-15-21(27)24-14-16-4-2-1-3-5-16/h1-13,26H,14-15H2,(H,24,27)(H,25,28). The number of nitrogens with one attached hydrogen (secondary N) is 3. The fraction of sp³-hybridized carbons (Fsp3) is 0.0909. The largest absolute Gasteiger partial charge is 0.350 e. The van der Waals surface area contributed by atoms with E-state index in [0.29, 0.717) is 6.54 Å². The summed E-state index contributed by atoms with van der Waals surface area (Å²) in [5.74, 6) is -1.34. The minimum absolute atomic E-state index is 0.0611. The zero-order valence-corrected chi connectivity index (χ0v) is 17.2. The van der Waals surface area contributed by atoms with Crippen molar-refractivity contribution in [1.82, 2.24) is 10.6 Å². The summed E-state index contributed by atoms with van der Waals surface area (Å²) in [5.41, 5.74) is 1.36. The van der Waals surface area contributed by atoms with Crippen molar-refractivity contribution in [1.29, 1.82) is 0 Å². The molecule has 0 aromatic heterocycles. The Morgan fingerprint density at radius 1 is 0.806 bits per heavy atom. The maximum Gasteiger partial charge on any atom is 0.261 e. The van der Waals surface area contributed by atoms with Gasteiger partial charge in [-0.05, 0) is 54.1 Å². The van der Waals surface area contributed by atoms with Gasteiger partial charge in [0.2, 0.25) is 5.91 Å². The number of hydrogen-bond donors (Lipinski definition) is 3. The maximum atomic E-state index is 13.0. The molecule has 3 aromatic rings. The third-order valence-corrected chi connectivity index (χ3v) is 5.66. The lowest BCUT2D eigenvalue weighted by Crippen LogP contribution is -2.36. The molecule has 0 unspecified atom stereocenters. The molecule has 0 saturated carbocycles. The molecule has 3 aromatic carbocycles. The van der Waals surface area contributed by atoms with Gasteiger partial charge in [-0.2, -0.15) is 0 Å². The Bertz CT molecular complexity index is 1150. The first-order valence-electron chi connectivity index (χ1n) is 9.31. The molecule has 31 heavy (non-hydrogen) atoms. The third kappa shape index (κ3) is 6.38. The predicted octanol–water partition coefficient (Wildman–Crippen LogP) is 2.67. The molecule has 7 nitrogen and oxygen atoms in total. The Morgan fingerprint density at radius 3 is 2.10 bits per heavy atom. The number of halogens is 1. The first-order chi connectivity index (χ1) is 14.8. The number of hydrogen-bond acceptors (Lipinski definition) is 4. The summed E-state index contributed by atoms with van der Waals surface area (Å²) in [6, 6.07) is 19.5. The molecule has 0 heterocycles. The normalized spacial score (nSPS) is 10.9. The summed E-state index contributed by atoms with van der Waals surface area (Å²) in [4.78, 5) is 24.0. The van der Waals surface area contributed by atoms with Crippen molar-refractivity contribution < 1.29 is 22.4 Å². The second kappa shape index (κ2) is 9.86. The Labute approximate surface area is 179 Å². The van der Waals surface area contributed by atoms with Gasteiger partial charge in [0.05, 0.1) is 11.4 Å². The Balaban J connectivity index is 1.53. The minimum atomic E-state index is -3.90. The summed E-state index contributed by atoms with van der Waals surface area (Å²) in [5, 5.41) is 5.18. The second-order valence-electron chi connectivity index (χ2n) is 6.58. The van der Waals surface area contributed by atoms with E-state index in [0.717, 1.165) is 17.7 Å². The van der Waals surface area contributed by atoms with Crippen molar-refractivity contribution in [3.63, 3.8) is 0 Å². The molecule has 3 N–H and O–H groups in total. The molecule has 9 heteroatoms. The molecule has 0 aliphatic heterocycles. The van der Waals surface area contributed by atoms with Gasteiger partial charge in [0.1, 0.15) is 5.82 Å². The zero-order chi connectivity index (χ0) is 22.3. The Hall–Kier alpha value is -3.72. The molecule has 0 aliphatic rings. The molecule has 0 atom stereocenters. The molecule has 0 spiro atoms. The van der Waals surface area contributed by atoms with Crippen molar-refractivity contribution in [3.05, 3.63) is 95.8 Å². The zero-order valence-electron chi connectivity index (χ0n) is 16.3. The molecular weight excluding hydrogens is 421 g/mol. The van der Waals surface area contributed by atoms with E-state index in [-0.39, 0.29) is 28.6 Å². The predicted molar refractivity (Wildman–Crippen MR) is 114 cm³/mol. The first kappa shape index (κ1) is 22.0. The number of rotatable bonds is 8. The van der Waals surface area contributed by atoms with Crippen molar-refractivity contribution in [2.45, 2.75) is 11.4 Å². The van der Waals surface area contributed by atoms with Gasteiger partial charge in [0.25, 0.3) is 15.9 Å². The highest BCUT2D eigenvalue weighted by Gasteiger charge is 2.15. The third-order valence-electron chi connectivity index (χ3n) is 4.27. The van der Waals surface area contributed by atoms with Crippen molar-refractivity contribution in [2.24, 2.45) is 0 Å². The molecule has 0 radical (unpaired) electrons. The van der Waals surface area contributed by atoms with E-state index >= 15 is 0 Å². The van der Waals surface area contributed by atoms with Crippen LogP contribution in [0.2, 0.25) is 0 Å². The molecule has 160 valence electrons. The lowest BCUT2D eigenvalue weighted by molar-refractivity contribution is -0.120. The van der Waals surface area contributed by atoms with Gasteiger partial charge < -0.3 is 10.6 Å². The van der Waals surface area contributed by atoms with Crippen LogP contribution in [-0.2, 0) is 21.4 Å². The highest BCUT2D eigenvalue weighted by Crippen LogP contribution is 2.17. The van der Waals surface area contributed by atoms with E-state index in [2.05, 4.69) is 15.4 Å². The van der Waals surface area contributed by atoms with Gasteiger partial charge in [0, 0.05) is 17.8 Å². The molecule has 2 amide bonds. The van der Waals surface area contributed by atoms with Crippen molar-refractivity contribution in [3.8, 4) is 0 Å². The molecular formula is C22H20FN3O4S. The fourth-order valence-corrected chi connectivity index (χ4v) is 3.70. The highest BCUT2D eigenvalue weighted by atomic mass is 32.2. The van der Waals surface area contributed by atoms with Crippen LogP contribution in [0.4, 0.5) is 10.1 Å². The van der Waals surface area contributed by atoms with Crippen LogP contribution in [0.1, 0.15) is 15.9 Å². The van der Waals surface area contributed by atoms with Crippen LogP contribution >= 0.6 is 0 Å². The summed E-state index contributed by atoms with van der Waals surface area (Å²) in [7, 11) is -3.90. The minimum Gasteiger partial charge on any atom is -0.350 e. The maximum absolute atomic E-state index is 13.0. The van der Waals surface area contributed by atoms with E-state index in [1.54, 1.807) is 0 Å². The van der Waals surface area contributed by atoms with Crippen LogP contribution in [0.15, 0.2) is 83.8 Å². The summed E-state index contributed by atoms with van der Waals surface area (Å²) < 4.78 is 40.1. The van der Waals surface area contributed by atoms with Crippen LogP contribution in [0, 0.1) is 5.82 Å². The SMILES string of the molecule is O=C(CNC(=O)c1ccc(S(=O)(=O)Nc2ccc(F)cc2)cc1)NCc1ccccc1. The lowest BCUT2D eigenvalue weighted by atomic mass is 10.2. The smallest absolute Gasteiger partial charge is 0.261 e. The van der Waals surface area contributed by atoms with Crippen LogP contribution in [-0.4, -0.2) is 26.8 Å². The van der Waals surface area contributed by atoms with E-state index < -0.39 is 21.7 Å².